The van der Waals surface area contributed by atoms with E-state index in [4.69, 9.17) is 4.74 Å². The summed E-state index contributed by atoms with van der Waals surface area (Å²) in [5.74, 6) is 0.804. The maximum absolute atomic E-state index is 12.7. The molecule has 32 heavy (non-hydrogen) atoms. The quantitative estimate of drug-likeness (QED) is 0.569. The van der Waals surface area contributed by atoms with E-state index in [1.807, 2.05) is 29.2 Å². The SMILES string of the molecule is COc1ccc(N2CCN(C(=O)Cc3csc(NS(=O)(=O)c4ccccc4)n3)CC2)cc1. The zero-order chi connectivity index (χ0) is 22.6. The number of aromatic nitrogens is 1. The zero-order valence-electron chi connectivity index (χ0n) is 17.6. The van der Waals surface area contributed by atoms with Gasteiger partial charge in [-0.1, -0.05) is 18.2 Å². The van der Waals surface area contributed by atoms with Crippen LogP contribution in [0.3, 0.4) is 0 Å². The molecule has 3 aromatic rings. The highest BCUT2D eigenvalue weighted by Gasteiger charge is 2.23. The number of nitrogens with zero attached hydrogens (tertiary/aromatic N) is 3. The van der Waals surface area contributed by atoms with E-state index in [-0.39, 0.29) is 22.4 Å². The number of ether oxygens (including phenoxy) is 1. The van der Waals surface area contributed by atoms with Crippen LogP contribution in [0.2, 0.25) is 0 Å². The average molecular weight is 473 g/mol. The van der Waals surface area contributed by atoms with E-state index in [0.717, 1.165) is 24.5 Å². The molecule has 0 atom stereocenters. The highest BCUT2D eigenvalue weighted by Crippen LogP contribution is 2.22. The molecule has 1 fully saturated rings. The summed E-state index contributed by atoms with van der Waals surface area (Å²) in [7, 11) is -2.05. The number of hydrogen-bond acceptors (Lipinski definition) is 7. The van der Waals surface area contributed by atoms with Crippen LogP contribution in [0, 0.1) is 0 Å². The second kappa shape index (κ2) is 9.58. The van der Waals surface area contributed by atoms with E-state index in [1.54, 1.807) is 30.7 Å². The van der Waals surface area contributed by atoms with Crippen LogP contribution in [0.15, 0.2) is 64.9 Å². The second-order valence-corrected chi connectivity index (χ2v) is 9.85. The summed E-state index contributed by atoms with van der Waals surface area (Å²) in [6.45, 7) is 2.75. The van der Waals surface area contributed by atoms with E-state index < -0.39 is 10.0 Å². The van der Waals surface area contributed by atoms with Gasteiger partial charge in [0.1, 0.15) is 5.75 Å². The molecular weight excluding hydrogens is 448 g/mol. The molecule has 1 aliphatic rings. The maximum atomic E-state index is 12.7. The van der Waals surface area contributed by atoms with Crippen LogP contribution < -0.4 is 14.4 Å². The van der Waals surface area contributed by atoms with Crippen LogP contribution in [0.25, 0.3) is 0 Å². The van der Waals surface area contributed by atoms with Crippen molar-refractivity contribution in [3.8, 4) is 5.75 Å². The van der Waals surface area contributed by atoms with Crippen molar-refractivity contribution in [1.29, 1.82) is 0 Å². The van der Waals surface area contributed by atoms with E-state index in [0.29, 0.717) is 18.8 Å². The molecule has 0 spiro atoms. The Kier molecular flexibility index (Phi) is 6.61. The van der Waals surface area contributed by atoms with Crippen molar-refractivity contribution in [3.05, 3.63) is 65.7 Å². The Labute approximate surface area is 191 Å². The molecule has 8 nitrogen and oxygen atoms in total. The summed E-state index contributed by atoms with van der Waals surface area (Å²) in [6, 6.07) is 16.0. The molecule has 1 aliphatic heterocycles. The van der Waals surface area contributed by atoms with Gasteiger partial charge in [-0.3, -0.25) is 9.52 Å². The van der Waals surface area contributed by atoms with Gasteiger partial charge in [0.25, 0.3) is 10.0 Å². The number of thiazole rings is 1. The highest BCUT2D eigenvalue weighted by atomic mass is 32.2. The highest BCUT2D eigenvalue weighted by molar-refractivity contribution is 7.93. The van der Waals surface area contributed by atoms with Crippen molar-refractivity contribution >= 4 is 38.1 Å². The Morgan fingerprint density at radius 1 is 1.06 bits per heavy atom. The van der Waals surface area contributed by atoms with Crippen molar-refractivity contribution in [2.75, 3.05) is 42.9 Å². The largest absolute Gasteiger partial charge is 0.497 e. The molecule has 0 unspecified atom stereocenters. The summed E-state index contributed by atoms with van der Waals surface area (Å²) < 4.78 is 32.5. The molecule has 1 amide bonds. The fraction of sp³-hybridized carbons (Fsp3) is 0.273. The average Bonchev–Trinajstić information content (AvgIpc) is 3.25. The number of benzene rings is 2. The van der Waals surface area contributed by atoms with Crippen molar-refractivity contribution in [2.24, 2.45) is 0 Å². The van der Waals surface area contributed by atoms with Gasteiger partial charge in [0.15, 0.2) is 5.13 Å². The lowest BCUT2D eigenvalue weighted by Gasteiger charge is -2.36. The first kappa shape index (κ1) is 22.1. The van der Waals surface area contributed by atoms with Gasteiger partial charge in [-0.25, -0.2) is 13.4 Å². The molecule has 0 radical (unpaired) electrons. The summed E-state index contributed by atoms with van der Waals surface area (Å²) in [6.07, 6.45) is 0.145. The van der Waals surface area contributed by atoms with Gasteiger partial charge in [-0.05, 0) is 36.4 Å². The number of sulfonamides is 1. The van der Waals surface area contributed by atoms with E-state index in [1.165, 1.54) is 23.5 Å². The lowest BCUT2D eigenvalue weighted by molar-refractivity contribution is -0.130. The number of amides is 1. The number of anilines is 2. The molecule has 0 saturated carbocycles. The number of nitrogens with one attached hydrogen (secondary N) is 1. The minimum Gasteiger partial charge on any atom is -0.497 e. The number of hydrogen-bond donors (Lipinski definition) is 1. The van der Waals surface area contributed by atoms with Gasteiger partial charge in [-0.15, -0.1) is 11.3 Å². The predicted octanol–water partition coefficient (Wildman–Crippen LogP) is 2.84. The number of carbonyl (C=O) groups excluding carboxylic acids is 1. The third kappa shape index (κ3) is 5.20. The number of rotatable bonds is 7. The van der Waals surface area contributed by atoms with Crippen molar-refractivity contribution in [3.63, 3.8) is 0 Å². The first-order valence-corrected chi connectivity index (χ1v) is 12.5. The standard InChI is InChI=1S/C22H24N4O4S2/c1-30-19-9-7-18(8-10-19)25-11-13-26(14-12-25)21(27)15-17-16-31-22(23-17)24-32(28,29)20-5-3-2-4-6-20/h2-10,16H,11-15H2,1H3,(H,23,24). The van der Waals surface area contributed by atoms with Crippen LogP contribution in [-0.4, -0.2) is 57.5 Å². The Balaban J connectivity index is 1.31. The fourth-order valence-electron chi connectivity index (χ4n) is 3.48. The monoisotopic (exact) mass is 472 g/mol. The molecule has 2 aromatic carbocycles. The first-order valence-electron chi connectivity index (χ1n) is 10.1. The topological polar surface area (TPSA) is 91.8 Å². The van der Waals surface area contributed by atoms with Gasteiger partial charge in [-0.2, -0.15) is 0 Å². The van der Waals surface area contributed by atoms with E-state index >= 15 is 0 Å². The normalized spacial score (nSPS) is 14.3. The molecule has 2 heterocycles. The Bertz CT molecular complexity index is 1160. The maximum Gasteiger partial charge on any atom is 0.263 e. The van der Waals surface area contributed by atoms with Gasteiger partial charge < -0.3 is 14.5 Å². The molecule has 10 heteroatoms. The van der Waals surface area contributed by atoms with Crippen molar-refractivity contribution in [2.45, 2.75) is 11.3 Å². The van der Waals surface area contributed by atoms with Crippen LogP contribution >= 0.6 is 11.3 Å². The summed E-state index contributed by atoms with van der Waals surface area (Å²) >= 11 is 1.17. The van der Waals surface area contributed by atoms with Crippen LogP contribution in [0.4, 0.5) is 10.8 Å². The molecular formula is C22H24N4O4S2. The van der Waals surface area contributed by atoms with Crippen LogP contribution in [0.1, 0.15) is 5.69 Å². The van der Waals surface area contributed by atoms with Gasteiger partial charge in [0.05, 0.1) is 24.1 Å². The lowest BCUT2D eigenvalue weighted by Crippen LogP contribution is -2.49. The molecule has 0 bridgehead atoms. The number of piperazine rings is 1. The summed E-state index contributed by atoms with van der Waals surface area (Å²) in [5, 5.41) is 1.97. The minimum absolute atomic E-state index is 0.0119. The summed E-state index contributed by atoms with van der Waals surface area (Å²) in [5.41, 5.74) is 1.66. The Morgan fingerprint density at radius 2 is 1.75 bits per heavy atom. The third-order valence-electron chi connectivity index (χ3n) is 5.23. The van der Waals surface area contributed by atoms with Crippen LogP contribution in [-0.2, 0) is 21.2 Å². The minimum atomic E-state index is -3.70. The fourth-order valence-corrected chi connectivity index (χ4v) is 5.47. The Hall–Kier alpha value is -3.11. The van der Waals surface area contributed by atoms with Crippen molar-refractivity contribution in [1.82, 2.24) is 9.88 Å². The molecule has 168 valence electrons. The molecule has 1 saturated heterocycles. The van der Waals surface area contributed by atoms with E-state index in [2.05, 4.69) is 14.6 Å². The molecule has 1 N–H and O–H groups in total. The summed E-state index contributed by atoms with van der Waals surface area (Å²) in [4.78, 5) is 21.3. The number of carbonyl (C=O) groups is 1. The second-order valence-electron chi connectivity index (χ2n) is 7.31. The molecule has 0 aliphatic carbocycles. The number of methoxy groups -OCH3 is 1. The van der Waals surface area contributed by atoms with Gasteiger partial charge >= 0.3 is 0 Å². The molecule has 4 rings (SSSR count). The van der Waals surface area contributed by atoms with Gasteiger partial charge in [0.2, 0.25) is 5.91 Å². The van der Waals surface area contributed by atoms with Crippen LogP contribution in [0.5, 0.6) is 5.75 Å². The lowest BCUT2D eigenvalue weighted by atomic mass is 10.2. The first-order chi connectivity index (χ1) is 15.4. The zero-order valence-corrected chi connectivity index (χ0v) is 19.2. The predicted molar refractivity (Wildman–Crippen MR) is 125 cm³/mol. The molecule has 1 aromatic heterocycles. The Morgan fingerprint density at radius 3 is 2.41 bits per heavy atom. The van der Waals surface area contributed by atoms with Gasteiger partial charge in [0, 0.05) is 37.2 Å². The van der Waals surface area contributed by atoms with Crippen molar-refractivity contribution < 1.29 is 17.9 Å². The third-order valence-corrected chi connectivity index (χ3v) is 7.52. The smallest absolute Gasteiger partial charge is 0.263 e. The van der Waals surface area contributed by atoms with E-state index in [9.17, 15) is 13.2 Å².